The molecule has 0 radical (unpaired) electrons. The number of carbonyl (C=O) groups excluding carboxylic acids is 4. The standard InChI is InChI=1S/C14H15Cl3N2O9S/c1-6(20)27-3-7-4-29(24,25)11-8(18-13(23)26-2)10(21)19(11)9(7)12(22)28-5-14(15,16)17/h8,11H,3-5H2,1-2H3,(H,18,23)/t8?,11-/m1/s1. The van der Waals surface area contributed by atoms with Crippen LogP contribution in [0.5, 0.6) is 0 Å². The van der Waals surface area contributed by atoms with Crippen LogP contribution in [0, 0.1) is 0 Å². The van der Waals surface area contributed by atoms with Crippen LogP contribution in [0.25, 0.3) is 0 Å². The van der Waals surface area contributed by atoms with Gasteiger partial charge in [-0.05, 0) is 0 Å². The highest BCUT2D eigenvalue weighted by atomic mass is 35.6. The smallest absolute Gasteiger partial charge is 0.407 e. The molecule has 15 heteroatoms. The topological polar surface area (TPSA) is 145 Å². The number of ether oxygens (including phenoxy) is 3. The first-order valence-electron chi connectivity index (χ1n) is 7.77. The van der Waals surface area contributed by atoms with Gasteiger partial charge in [0.1, 0.15) is 25.0 Å². The molecule has 0 bridgehead atoms. The molecular weight excluding hydrogens is 479 g/mol. The molecule has 1 unspecified atom stereocenters. The van der Waals surface area contributed by atoms with Gasteiger partial charge >= 0.3 is 18.0 Å². The van der Waals surface area contributed by atoms with Crippen molar-refractivity contribution in [3.63, 3.8) is 0 Å². The number of methoxy groups -OCH3 is 1. The summed E-state index contributed by atoms with van der Waals surface area (Å²) >= 11 is 16.6. The van der Waals surface area contributed by atoms with E-state index in [2.05, 4.69) is 10.1 Å². The molecule has 11 nitrogen and oxygen atoms in total. The van der Waals surface area contributed by atoms with Gasteiger partial charge in [-0.2, -0.15) is 0 Å². The number of fused-ring (bicyclic) bond motifs is 1. The predicted octanol–water partition coefficient (Wildman–Crippen LogP) is 0.0383. The zero-order valence-electron chi connectivity index (χ0n) is 14.9. The maximum atomic E-state index is 12.6. The molecule has 2 heterocycles. The molecule has 0 saturated carbocycles. The number of esters is 2. The van der Waals surface area contributed by atoms with Crippen LogP contribution in [0.15, 0.2) is 11.3 Å². The van der Waals surface area contributed by atoms with Crippen LogP contribution in [0.3, 0.4) is 0 Å². The highest BCUT2D eigenvalue weighted by molar-refractivity contribution is 7.92. The second-order valence-corrected chi connectivity index (χ2v) is 10.6. The van der Waals surface area contributed by atoms with Gasteiger partial charge in [0.25, 0.3) is 5.91 Å². The van der Waals surface area contributed by atoms with Gasteiger partial charge in [-0.25, -0.2) is 18.0 Å². The Bertz CT molecular complexity index is 881. The van der Waals surface area contributed by atoms with Crippen molar-refractivity contribution in [3.05, 3.63) is 11.3 Å². The maximum Gasteiger partial charge on any atom is 0.407 e. The van der Waals surface area contributed by atoms with Crippen LogP contribution < -0.4 is 5.32 Å². The average Bonchev–Trinajstić information content (AvgIpc) is 2.60. The molecule has 2 aliphatic heterocycles. The Morgan fingerprint density at radius 3 is 2.38 bits per heavy atom. The number of carbonyl (C=O) groups is 4. The summed E-state index contributed by atoms with van der Waals surface area (Å²) in [5.74, 6) is -3.55. The Morgan fingerprint density at radius 2 is 1.86 bits per heavy atom. The number of rotatable bonds is 5. The van der Waals surface area contributed by atoms with Gasteiger partial charge in [-0.15, -0.1) is 0 Å². The lowest BCUT2D eigenvalue weighted by atomic mass is 10.0. The van der Waals surface area contributed by atoms with Crippen LogP contribution in [0.2, 0.25) is 0 Å². The van der Waals surface area contributed by atoms with E-state index in [0.29, 0.717) is 4.90 Å². The molecule has 0 aromatic rings. The summed E-state index contributed by atoms with van der Waals surface area (Å²) in [6.07, 6.45) is -1.03. The number of nitrogens with zero attached hydrogens (tertiary/aromatic N) is 1. The summed E-state index contributed by atoms with van der Waals surface area (Å²) < 4.78 is 37.3. The van der Waals surface area contributed by atoms with Gasteiger partial charge in [0.15, 0.2) is 15.2 Å². The number of β-lactam (4-membered cyclic amide) rings is 1. The zero-order valence-corrected chi connectivity index (χ0v) is 18.0. The van der Waals surface area contributed by atoms with Crippen LogP contribution in [-0.2, 0) is 38.4 Å². The van der Waals surface area contributed by atoms with Crippen molar-refractivity contribution in [2.75, 3.05) is 26.1 Å². The first-order chi connectivity index (χ1) is 13.3. The first-order valence-corrected chi connectivity index (χ1v) is 10.6. The summed E-state index contributed by atoms with van der Waals surface area (Å²) in [5, 5.41) is 0.518. The normalized spacial score (nSPS) is 22.9. The van der Waals surface area contributed by atoms with Crippen LogP contribution in [0.4, 0.5) is 4.79 Å². The number of alkyl halides is 3. The Kier molecular flexibility index (Phi) is 6.93. The zero-order chi connectivity index (χ0) is 22.1. The van der Waals surface area contributed by atoms with Gasteiger partial charge < -0.3 is 19.5 Å². The highest BCUT2D eigenvalue weighted by Crippen LogP contribution is 2.37. The van der Waals surface area contributed by atoms with Crippen molar-refractivity contribution < 1.29 is 41.8 Å². The molecule has 29 heavy (non-hydrogen) atoms. The van der Waals surface area contributed by atoms with Gasteiger partial charge in [0.05, 0.1) is 12.9 Å². The van der Waals surface area contributed by atoms with E-state index in [-0.39, 0.29) is 5.57 Å². The molecule has 2 amide bonds. The third kappa shape index (κ3) is 5.24. The van der Waals surface area contributed by atoms with E-state index in [1.165, 1.54) is 0 Å². The average molecular weight is 494 g/mol. The largest absolute Gasteiger partial charge is 0.461 e. The van der Waals surface area contributed by atoms with E-state index in [1.54, 1.807) is 0 Å². The number of halogens is 3. The van der Waals surface area contributed by atoms with Crippen molar-refractivity contribution in [1.29, 1.82) is 0 Å². The molecule has 2 atom stereocenters. The Balaban J connectivity index is 2.42. The second-order valence-electron chi connectivity index (χ2n) is 5.94. The fourth-order valence-electron chi connectivity index (χ4n) is 2.71. The summed E-state index contributed by atoms with van der Waals surface area (Å²) in [6.45, 7) is -0.199. The SMILES string of the molecule is COC(=O)NC1C(=O)N2C(C(=O)OCC(Cl)(Cl)Cl)=C(COC(C)=O)CS(=O)(=O)[C@H]12. The lowest BCUT2D eigenvalue weighted by molar-refractivity contribution is -0.152. The molecule has 1 fully saturated rings. The number of hydrogen-bond donors (Lipinski definition) is 1. The molecule has 2 rings (SSSR count). The van der Waals surface area contributed by atoms with Crippen LogP contribution >= 0.6 is 34.8 Å². The van der Waals surface area contributed by atoms with Gasteiger partial charge in [0, 0.05) is 12.5 Å². The number of amides is 2. The quantitative estimate of drug-likeness (QED) is 0.243. The number of sulfone groups is 1. The molecule has 0 aromatic heterocycles. The van der Waals surface area contributed by atoms with Crippen molar-refractivity contribution in [2.45, 2.75) is 22.1 Å². The van der Waals surface area contributed by atoms with Crippen LogP contribution in [0.1, 0.15) is 6.92 Å². The first kappa shape index (κ1) is 23.5. The van der Waals surface area contributed by atoms with E-state index in [4.69, 9.17) is 44.3 Å². The van der Waals surface area contributed by atoms with Crippen LogP contribution in [-0.4, -0.2) is 78.5 Å². The fraction of sp³-hybridized carbons (Fsp3) is 0.571. The fourth-order valence-corrected chi connectivity index (χ4v) is 4.88. The van der Waals surface area contributed by atoms with Crippen molar-refractivity contribution in [1.82, 2.24) is 10.2 Å². The summed E-state index contributed by atoms with van der Waals surface area (Å²) in [6, 6.07) is -1.47. The summed E-state index contributed by atoms with van der Waals surface area (Å²) in [4.78, 5) is 48.2. The van der Waals surface area contributed by atoms with E-state index >= 15 is 0 Å². The van der Waals surface area contributed by atoms with E-state index < -0.39 is 73.6 Å². The minimum Gasteiger partial charge on any atom is -0.461 e. The molecule has 162 valence electrons. The molecule has 0 aliphatic carbocycles. The summed E-state index contributed by atoms with van der Waals surface area (Å²) in [5.41, 5.74) is -0.663. The minimum absolute atomic E-state index is 0.198. The van der Waals surface area contributed by atoms with Crippen molar-refractivity contribution in [2.24, 2.45) is 0 Å². The number of alkyl carbamates (subject to hydrolysis) is 1. The predicted molar refractivity (Wildman–Crippen MR) is 98.7 cm³/mol. The molecule has 1 N–H and O–H groups in total. The van der Waals surface area contributed by atoms with Gasteiger partial charge in [0.2, 0.25) is 3.79 Å². The third-order valence-electron chi connectivity index (χ3n) is 3.83. The molecular formula is C14H15Cl3N2O9S. The third-order valence-corrected chi connectivity index (χ3v) is 6.13. The van der Waals surface area contributed by atoms with Crippen molar-refractivity contribution >= 4 is 68.6 Å². The van der Waals surface area contributed by atoms with E-state index in [0.717, 1.165) is 14.0 Å². The lowest BCUT2D eigenvalue weighted by Crippen LogP contribution is -2.75. The maximum absolute atomic E-state index is 12.6. The molecule has 1 saturated heterocycles. The number of hydrogen-bond acceptors (Lipinski definition) is 9. The molecule has 0 spiro atoms. The Morgan fingerprint density at radius 1 is 1.24 bits per heavy atom. The molecule has 2 aliphatic rings. The lowest BCUT2D eigenvalue weighted by Gasteiger charge is -2.48. The van der Waals surface area contributed by atoms with Gasteiger partial charge in [-0.1, -0.05) is 34.8 Å². The van der Waals surface area contributed by atoms with E-state index in [1.807, 2.05) is 0 Å². The monoisotopic (exact) mass is 492 g/mol. The highest BCUT2D eigenvalue weighted by Gasteiger charge is 2.61. The van der Waals surface area contributed by atoms with E-state index in [9.17, 15) is 27.6 Å². The van der Waals surface area contributed by atoms with Crippen molar-refractivity contribution in [3.8, 4) is 0 Å². The molecule has 0 aromatic carbocycles. The Labute approximate surface area is 180 Å². The van der Waals surface area contributed by atoms with Gasteiger partial charge in [-0.3, -0.25) is 14.5 Å². The summed E-state index contributed by atoms with van der Waals surface area (Å²) in [7, 11) is -3.04. The second kappa shape index (κ2) is 8.54. The Hall–Kier alpha value is -1.76. The number of nitrogens with one attached hydrogen (secondary N) is 1. The minimum atomic E-state index is -4.07.